The average Bonchev–Trinajstić information content (AvgIpc) is 2.46. The quantitative estimate of drug-likeness (QED) is 0.798. The molecule has 1 fully saturated rings. The van der Waals surface area contributed by atoms with Gasteiger partial charge >= 0.3 is 0 Å². The molecule has 1 N–H and O–H groups in total. The highest BCUT2D eigenvalue weighted by molar-refractivity contribution is 6.35. The first-order valence-electron chi connectivity index (χ1n) is 7.50. The minimum Gasteiger partial charge on any atom is -0.378 e. The van der Waals surface area contributed by atoms with Crippen molar-refractivity contribution >= 4 is 23.2 Å². The molecule has 20 heavy (non-hydrogen) atoms. The second-order valence-electron chi connectivity index (χ2n) is 5.36. The van der Waals surface area contributed by atoms with Crippen molar-refractivity contribution in [1.29, 1.82) is 0 Å². The summed E-state index contributed by atoms with van der Waals surface area (Å²) in [6.07, 6.45) is 6.20. The SMILES string of the molecule is CCC(NCCC1CCCCO1)c1ccc(Cl)cc1Cl. The number of benzene rings is 1. The van der Waals surface area contributed by atoms with Crippen molar-refractivity contribution in [1.82, 2.24) is 5.32 Å². The lowest BCUT2D eigenvalue weighted by Gasteiger charge is -2.24. The van der Waals surface area contributed by atoms with Crippen LogP contribution in [0.1, 0.15) is 50.6 Å². The zero-order valence-electron chi connectivity index (χ0n) is 12.0. The minimum absolute atomic E-state index is 0.281. The zero-order valence-corrected chi connectivity index (χ0v) is 13.5. The van der Waals surface area contributed by atoms with Gasteiger partial charge in [0, 0.05) is 22.7 Å². The Bertz CT molecular complexity index is 419. The first-order valence-corrected chi connectivity index (χ1v) is 8.26. The molecular formula is C16H23Cl2NO. The molecule has 0 spiro atoms. The van der Waals surface area contributed by atoms with Crippen LogP contribution in [0.4, 0.5) is 0 Å². The molecule has 1 aliphatic rings. The van der Waals surface area contributed by atoms with Crippen molar-refractivity contribution in [3.8, 4) is 0 Å². The van der Waals surface area contributed by atoms with Gasteiger partial charge in [-0.25, -0.2) is 0 Å². The summed E-state index contributed by atoms with van der Waals surface area (Å²) in [5, 5.41) is 5.01. The van der Waals surface area contributed by atoms with Crippen LogP contribution in [0.5, 0.6) is 0 Å². The molecule has 0 aliphatic carbocycles. The van der Waals surface area contributed by atoms with Crippen molar-refractivity contribution in [2.24, 2.45) is 0 Å². The van der Waals surface area contributed by atoms with E-state index in [-0.39, 0.29) is 6.04 Å². The molecule has 1 saturated heterocycles. The molecule has 1 heterocycles. The molecule has 0 saturated carbocycles. The average molecular weight is 316 g/mol. The summed E-state index contributed by atoms with van der Waals surface area (Å²) in [7, 11) is 0. The minimum atomic E-state index is 0.281. The maximum absolute atomic E-state index is 6.28. The molecule has 1 aromatic carbocycles. The largest absolute Gasteiger partial charge is 0.378 e. The fourth-order valence-corrected chi connectivity index (χ4v) is 3.25. The lowest BCUT2D eigenvalue weighted by Crippen LogP contribution is -2.28. The van der Waals surface area contributed by atoms with Crippen LogP contribution >= 0.6 is 23.2 Å². The van der Waals surface area contributed by atoms with Crippen LogP contribution in [0.3, 0.4) is 0 Å². The standard InChI is InChI=1S/C16H23Cl2NO/c1-2-16(14-7-6-12(17)11-15(14)18)19-9-8-13-5-3-4-10-20-13/h6-7,11,13,16,19H,2-5,8-10H2,1H3. The Labute approximate surface area is 131 Å². The van der Waals surface area contributed by atoms with E-state index >= 15 is 0 Å². The topological polar surface area (TPSA) is 21.3 Å². The molecule has 0 radical (unpaired) electrons. The highest BCUT2D eigenvalue weighted by atomic mass is 35.5. The highest BCUT2D eigenvalue weighted by Gasteiger charge is 2.16. The molecule has 2 unspecified atom stereocenters. The molecule has 112 valence electrons. The first kappa shape index (κ1) is 16.1. The molecule has 0 aromatic heterocycles. The molecule has 0 amide bonds. The van der Waals surface area contributed by atoms with Crippen molar-refractivity contribution in [2.75, 3.05) is 13.2 Å². The summed E-state index contributed by atoms with van der Waals surface area (Å²) in [6.45, 7) is 4.05. The second kappa shape index (κ2) is 8.23. The van der Waals surface area contributed by atoms with E-state index in [2.05, 4.69) is 12.2 Å². The Kier molecular flexibility index (Phi) is 6.63. The Balaban J connectivity index is 1.85. The maximum Gasteiger partial charge on any atom is 0.0587 e. The lowest BCUT2D eigenvalue weighted by molar-refractivity contribution is 0.0112. The van der Waals surface area contributed by atoms with Gasteiger partial charge in [0.15, 0.2) is 0 Å². The van der Waals surface area contributed by atoms with Gasteiger partial charge in [0.25, 0.3) is 0 Å². The van der Waals surface area contributed by atoms with Crippen LogP contribution in [0.25, 0.3) is 0 Å². The van der Waals surface area contributed by atoms with E-state index in [1.165, 1.54) is 19.3 Å². The van der Waals surface area contributed by atoms with Gasteiger partial charge in [-0.2, -0.15) is 0 Å². The van der Waals surface area contributed by atoms with Crippen LogP contribution in [0.15, 0.2) is 18.2 Å². The third-order valence-electron chi connectivity index (χ3n) is 3.88. The summed E-state index contributed by atoms with van der Waals surface area (Å²) in [4.78, 5) is 0. The normalized spacial score (nSPS) is 20.9. The first-order chi connectivity index (χ1) is 9.70. The van der Waals surface area contributed by atoms with Crippen LogP contribution in [-0.2, 0) is 4.74 Å². The van der Waals surface area contributed by atoms with E-state index in [4.69, 9.17) is 27.9 Å². The predicted octanol–water partition coefficient (Wildman–Crippen LogP) is 4.99. The number of nitrogens with one attached hydrogen (secondary N) is 1. The van der Waals surface area contributed by atoms with Gasteiger partial charge in [-0.1, -0.05) is 36.2 Å². The summed E-state index contributed by atoms with van der Waals surface area (Å²) >= 11 is 12.2. The molecule has 1 aromatic rings. The van der Waals surface area contributed by atoms with Crippen molar-refractivity contribution in [3.05, 3.63) is 33.8 Å². The van der Waals surface area contributed by atoms with Gasteiger partial charge in [0.1, 0.15) is 0 Å². The maximum atomic E-state index is 6.28. The van der Waals surface area contributed by atoms with Crippen LogP contribution in [0.2, 0.25) is 10.0 Å². The monoisotopic (exact) mass is 315 g/mol. The zero-order chi connectivity index (χ0) is 14.4. The van der Waals surface area contributed by atoms with E-state index in [1.54, 1.807) is 0 Å². The van der Waals surface area contributed by atoms with Gasteiger partial charge in [-0.15, -0.1) is 0 Å². The van der Waals surface area contributed by atoms with E-state index in [0.29, 0.717) is 11.1 Å². The molecule has 4 heteroatoms. The Hall–Kier alpha value is -0.280. The molecule has 1 aliphatic heterocycles. The van der Waals surface area contributed by atoms with E-state index < -0.39 is 0 Å². The summed E-state index contributed by atoms with van der Waals surface area (Å²) in [5.74, 6) is 0. The number of ether oxygens (including phenoxy) is 1. The number of rotatable bonds is 6. The van der Waals surface area contributed by atoms with Crippen LogP contribution in [0, 0.1) is 0 Å². The van der Waals surface area contributed by atoms with Gasteiger partial charge in [-0.3, -0.25) is 0 Å². The van der Waals surface area contributed by atoms with E-state index in [0.717, 1.165) is 36.6 Å². The molecule has 2 atom stereocenters. The van der Waals surface area contributed by atoms with Crippen LogP contribution < -0.4 is 5.32 Å². The third-order valence-corrected chi connectivity index (χ3v) is 4.44. The second-order valence-corrected chi connectivity index (χ2v) is 6.20. The van der Waals surface area contributed by atoms with Gasteiger partial charge in [0.05, 0.1) is 6.10 Å². The predicted molar refractivity (Wildman–Crippen MR) is 85.7 cm³/mol. The smallest absolute Gasteiger partial charge is 0.0587 e. The molecule has 2 rings (SSSR count). The lowest BCUT2D eigenvalue weighted by atomic mass is 10.0. The molecular weight excluding hydrogens is 293 g/mol. The van der Waals surface area contributed by atoms with Crippen molar-refractivity contribution < 1.29 is 4.74 Å². The Morgan fingerprint density at radius 1 is 1.35 bits per heavy atom. The third kappa shape index (κ3) is 4.63. The Morgan fingerprint density at radius 3 is 2.85 bits per heavy atom. The summed E-state index contributed by atoms with van der Waals surface area (Å²) in [6, 6.07) is 6.01. The molecule has 2 nitrogen and oxygen atoms in total. The van der Waals surface area contributed by atoms with E-state index in [1.807, 2.05) is 18.2 Å². The summed E-state index contributed by atoms with van der Waals surface area (Å²) in [5.41, 5.74) is 1.13. The highest BCUT2D eigenvalue weighted by Crippen LogP contribution is 2.28. The summed E-state index contributed by atoms with van der Waals surface area (Å²) < 4.78 is 5.76. The number of hydrogen-bond donors (Lipinski definition) is 1. The van der Waals surface area contributed by atoms with Crippen molar-refractivity contribution in [2.45, 2.75) is 51.2 Å². The number of hydrogen-bond acceptors (Lipinski definition) is 2. The molecule has 0 bridgehead atoms. The fraction of sp³-hybridized carbons (Fsp3) is 0.625. The van der Waals surface area contributed by atoms with Gasteiger partial charge in [0.2, 0.25) is 0 Å². The number of halogens is 2. The van der Waals surface area contributed by atoms with Gasteiger partial charge in [-0.05, 0) is 56.3 Å². The van der Waals surface area contributed by atoms with Crippen molar-refractivity contribution in [3.63, 3.8) is 0 Å². The van der Waals surface area contributed by atoms with Gasteiger partial charge < -0.3 is 10.1 Å². The fourth-order valence-electron chi connectivity index (χ4n) is 2.71. The van der Waals surface area contributed by atoms with Crippen LogP contribution in [-0.4, -0.2) is 19.3 Å². The van der Waals surface area contributed by atoms with E-state index in [9.17, 15) is 0 Å². The Morgan fingerprint density at radius 2 is 2.20 bits per heavy atom.